The van der Waals surface area contributed by atoms with E-state index in [9.17, 15) is 8.78 Å². The molecule has 0 saturated heterocycles. The Balaban J connectivity index is 1.69. The van der Waals surface area contributed by atoms with Crippen LogP contribution in [-0.2, 0) is 24.4 Å². The molecule has 3 aromatic rings. The number of rotatable bonds is 9. The Morgan fingerprint density at radius 3 is 2.62 bits per heavy atom. The molecule has 3 rings (SSSR count). The fraction of sp³-hybridized carbons (Fsp3) is 0.368. The lowest BCUT2D eigenvalue weighted by atomic mass is 10.1. The smallest absolute Gasteiger partial charge is 0.345 e. The first-order valence-corrected chi connectivity index (χ1v) is 9.18. The lowest BCUT2D eigenvalue weighted by molar-refractivity contribution is -0.136. The van der Waals surface area contributed by atoms with E-state index in [1.807, 2.05) is 30.5 Å². The number of hydrogen-bond donors (Lipinski definition) is 1. The third-order valence-electron chi connectivity index (χ3n) is 4.02. The summed E-state index contributed by atoms with van der Waals surface area (Å²) >= 11 is 1.42. The van der Waals surface area contributed by atoms with E-state index in [2.05, 4.69) is 28.7 Å². The minimum Gasteiger partial charge on any atom is -0.487 e. The number of benzene rings is 1. The van der Waals surface area contributed by atoms with Crippen molar-refractivity contribution >= 4 is 22.2 Å². The molecule has 0 aliphatic rings. The summed E-state index contributed by atoms with van der Waals surface area (Å²) in [6.45, 7) is -1.47. The number of nitrogens with one attached hydrogen (secondary N) is 1. The van der Waals surface area contributed by atoms with Crippen LogP contribution in [0.1, 0.15) is 15.3 Å². The number of ether oxygens (including phenoxy) is 2. The van der Waals surface area contributed by atoms with Gasteiger partial charge in [-0.25, -0.2) is 0 Å². The van der Waals surface area contributed by atoms with E-state index < -0.39 is 6.61 Å². The average molecular weight is 380 g/mol. The van der Waals surface area contributed by atoms with Gasteiger partial charge in [0, 0.05) is 33.4 Å². The van der Waals surface area contributed by atoms with Gasteiger partial charge in [0.15, 0.2) is 0 Å². The van der Waals surface area contributed by atoms with Gasteiger partial charge < -0.3 is 19.4 Å². The molecule has 2 aromatic heterocycles. The minimum absolute atomic E-state index is 0.0790. The van der Waals surface area contributed by atoms with Gasteiger partial charge in [-0.15, -0.1) is 11.3 Å². The highest BCUT2D eigenvalue weighted by atomic mass is 32.1. The SMILES string of the molecule is CN(C)CCc1c[nH]c2cccc(OCc3ccc(COC(F)F)s3)c12. The van der Waals surface area contributed by atoms with Crippen molar-refractivity contribution in [2.45, 2.75) is 26.2 Å². The maximum atomic E-state index is 12.1. The summed E-state index contributed by atoms with van der Waals surface area (Å²) in [5.74, 6) is 0.830. The summed E-state index contributed by atoms with van der Waals surface area (Å²) in [5.41, 5.74) is 2.27. The molecule has 1 N–H and O–H groups in total. The van der Waals surface area contributed by atoms with Crippen molar-refractivity contribution in [1.82, 2.24) is 9.88 Å². The summed E-state index contributed by atoms with van der Waals surface area (Å²) in [4.78, 5) is 7.18. The van der Waals surface area contributed by atoms with Crippen LogP contribution in [0, 0.1) is 0 Å². The molecule has 0 spiro atoms. The van der Waals surface area contributed by atoms with Gasteiger partial charge >= 0.3 is 6.61 Å². The zero-order valence-electron chi connectivity index (χ0n) is 14.8. The van der Waals surface area contributed by atoms with Gasteiger partial charge in [-0.3, -0.25) is 0 Å². The highest BCUT2D eigenvalue weighted by molar-refractivity contribution is 7.11. The number of thiophene rings is 1. The van der Waals surface area contributed by atoms with Crippen molar-refractivity contribution in [3.8, 4) is 5.75 Å². The molecule has 0 aliphatic heterocycles. The number of likely N-dealkylation sites (N-methyl/N-ethyl adjacent to an activating group) is 1. The molecule has 7 heteroatoms. The normalized spacial score (nSPS) is 11.8. The lowest BCUT2D eigenvalue weighted by Gasteiger charge is -2.11. The van der Waals surface area contributed by atoms with Crippen molar-refractivity contribution in [2.24, 2.45) is 0 Å². The molecule has 0 atom stereocenters. The predicted molar refractivity (Wildman–Crippen MR) is 100 cm³/mol. The van der Waals surface area contributed by atoms with Crippen LogP contribution in [0.3, 0.4) is 0 Å². The number of fused-ring (bicyclic) bond motifs is 1. The summed E-state index contributed by atoms with van der Waals surface area (Å²) in [6, 6.07) is 9.64. The topological polar surface area (TPSA) is 37.5 Å². The minimum atomic E-state index is -2.75. The third kappa shape index (κ3) is 4.81. The lowest BCUT2D eigenvalue weighted by Crippen LogP contribution is -2.14. The first-order chi connectivity index (χ1) is 12.5. The monoisotopic (exact) mass is 380 g/mol. The number of aromatic amines is 1. The molecule has 0 amide bonds. The number of hydrogen-bond acceptors (Lipinski definition) is 4. The van der Waals surface area contributed by atoms with Crippen LogP contribution in [0.4, 0.5) is 8.78 Å². The van der Waals surface area contributed by atoms with E-state index in [0.717, 1.165) is 39.4 Å². The van der Waals surface area contributed by atoms with Crippen LogP contribution < -0.4 is 4.74 Å². The second kappa shape index (κ2) is 8.62. The number of aromatic nitrogens is 1. The Kier molecular flexibility index (Phi) is 6.24. The molecule has 0 radical (unpaired) electrons. The number of nitrogens with zero attached hydrogens (tertiary/aromatic N) is 1. The standard InChI is InChI=1S/C19H22F2N2O2S/c1-23(2)9-8-13-10-22-16-4-3-5-17(18(13)16)24-11-14-6-7-15(26-14)12-25-19(20)21/h3-7,10,19,22H,8-9,11-12H2,1-2H3. The molecule has 0 fully saturated rings. The van der Waals surface area contributed by atoms with Crippen molar-refractivity contribution in [2.75, 3.05) is 20.6 Å². The maximum absolute atomic E-state index is 12.1. The molecule has 1 aromatic carbocycles. The zero-order chi connectivity index (χ0) is 18.5. The van der Waals surface area contributed by atoms with Gasteiger partial charge in [0.2, 0.25) is 0 Å². The van der Waals surface area contributed by atoms with E-state index >= 15 is 0 Å². The van der Waals surface area contributed by atoms with Gasteiger partial charge in [0.25, 0.3) is 0 Å². The molecule has 0 saturated carbocycles. The van der Waals surface area contributed by atoms with Crippen molar-refractivity contribution < 1.29 is 18.3 Å². The molecule has 0 unspecified atom stereocenters. The first-order valence-electron chi connectivity index (χ1n) is 8.37. The van der Waals surface area contributed by atoms with Crippen LogP contribution in [0.25, 0.3) is 10.9 Å². The van der Waals surface area contributed by atoms with E-state index in [-0.39, 0.29) is 6.61 Å². The van der Waals surface area contributed by atoms with Crippen LogP contribution in [0.5, 0.6) is 5.75 Å². The van der Waals surface area contributed by atoms with Gasteiger partial charge in [0.1, 0.15) is 12.4 Å². The maximum Gasteiger partial charge on any atom is 0.345 e. The Hall–Kier alpha value is -1.96. The molecular formula is C19H22F2N2O2S. The predicted octanol–water partition coefficient (Wildman–Crippen LogP) is 4.65. The van der Waals surface area contributed by atoms with E-state index in [0.29, 0.717) is 6.61 Å². The third-order valence-corrected chi connectivity index (χ3v) is 5.05. The highest BCUT2D eigenvalue weighted by Gasteiger charge is 2.11. The molecule has 2 heterocycles. The van der Waals surface area contributed by atoms with E-state index in [1.165, 1.54) is 16.9 Å². The summed E-state index contributed by atoms with van der Waals surface area (Å²) in [7, 11) is 4.11. The second-order valence-electron chi connectivity index (χ2n) is 6.27. The zero-order valence-corrected chi connectivity index (χ0v) is 15.6. The fourth-order valence-electron chi connectivity index (χ4n) is 2.75. The van der Waals surface area contributed by atoms with Gasteiger partial charge in [0.05, 0.1) is 6.61 Å². The number of H-pyrrole nitrogens is 1. The first kappa shape index (κ1) is 18.8. The van der Waals surface area contributed by atoms with E-state index in [1.54, 1.807) is 6.07 Å². The average Bonchev–Trinajstić information content (AvgIpc) is 3.23. The quantitative estimate of drug-likeness (QED) is 0.587. The Morgan fingerprint density at radius 1 is 1.12 bits per heavy atom. The number of alkyl halides is 2. The summed E-state index contributed by atoms with van der Waals surface area (Å²) < 4.78 is 34.6. The molecule has 26 heavy (non-hydrogen) atoms. The Labute approximate surface area is 155 Å². The molecule has 140 valence electrons. The summed E-state index contributed by atoms with van der Waals surface area (Å²) in [5, 5.41) is 1.10. The van der Waals surface area contributed by atoms with Crippen LogP contribution in [-0.4, -0.2) is 37.1 Å². The molecule has 4 nitrogen and oxygen atoms in total. The molecule has 0 bridgehead atoms. The molecule has 0 aliphatic carbocycles. The fourth-order valence-corrected chi connectivity index (χ4v) is 3.61. The van der Waals surface area contributed by atoms with Gasteiger partial charge in [-0.1, -0.05) is 6.07 Å². The number of halogens is 2. The summed E-state index contributed by atoms with van der Waals surface area (Å²) in [6.07, 6.45) is 2.97. The largest absolute Gasteiger partial charge is 0.487 e. The van der Waals surface area contributed by atoms with Crippen molar-refractivity contribution in [3.05, 3.63) is 51.8 Å². The van der Waals surface area contributed by atoms with Crippen molar-refractivity contribution in [3.63, 3.8) is 0 Å². The van der Waals surface area contributed by atoms with Crippen molar-refractivity contribution in [1.29, 1.82) is 0 Å². The highest BCUT2D eigenvalue weighted by Crippen LogP contribution is 2.30. The van der Waals surface area contributed by atoms with Crippen LogP contribution in [0.2, 0.25) is 0 Å². The Morgan fingerprint density at radius 2 is 1.88 bits per heavy atom. The molecular weight excluding hydrogens is 358 g/mol. The second-order valence-corrected chi connectivity index (χ2v) is 7.53. The van der Waals surface area contributed by atoms with E-state index in [4.69, 9.17) is 4.74 Å². The van der Waals surface area contributed by atoms with Gasteiger partial charge in [-0.05, 0) is 50.3 Å². The Bertz CT molecular complexity index is 845. The van der Waals surface area contributed by atoms with Crippen LogP contribution in [0.15, 0.2) is 36.5 Å². The van der Waals surface area contributed by atoms with Gasteiger partial charge in [-0.2, -0.15) is 8.78 Å². The van der Waals surface area contributed by atoms with Crippen LogP contribution >= 0.6 is 11.3 Å².